The number of nitrogens with zero attached hydrogens (tertiary/aromatic N) is 2. The Morgan fingerprint density at radius 3 is 2.52 bits per heavy atom. The van der Waals surface area contributed by atoms with Gasteiger partial charge in [-0.25, -0.2) is 0 Å². The number of allylic oxidation sites excluding steroid dienone is 2. The minimum atomic E-state index is -0.176. The number of benzene rings is 1. The van der Waals surface area contributed by atoms with Gasteiger partial charge in [0.05, 0.1) is 6.04 Å². The number of likely N-dealkylation sites (tertiary alicyclic amines) is 1. The summed E-state index contributed by atoms with van der Waals surface area (Å²) in [6, 6.07) is 8.24. The third-order valence-electron chi connectivity index (χ3n) is 6.92. The van der Waals surface area contributed by atoms with E-state index in [1.165, 1.54) is 32.1 Å². The first-order chi connectivity index (χ1) is 12.2. The lowest BCUT2D eigenvalue weighted by Crippen LogP contribution is -2.59. The largest absolute Gasteiger partial charge is 0.626 e. The predicted octanol–water partition coefficient (Wildman–Crippen LogP) is 4.62. The summed E-state index contributed by atoms with van der Waals surface area (Å²) < 4.78 is -0.176. The Bertz CT molecular complexity index is 626. The maximum Gasteiger partial charge on any atom is 0.158 e. The fourth-order valence-electron chi connectivity index (χ4n) is 5.28. The van der Waals surface area contributed by atoms with Gasteiger partial charge in [-0.15, -0.1) is 0 Å². The summed E-state index contributed by atoms with van der Waals surface area (Å²) in [6.07, 6.45) is 12.9. The molecule has 3 aliphatic rings. The monoisotopic (exact) mass is 341 g/mol. The lowest BCUT2D eigenvalue weighted by Gasteiger charge is -2.51. The smallest absolute Gasteiger partial charge is 0.158 e. The molecule has 1 aromatic carbocycles. The number of hydrogen-bond donors (Lipinski definition) is 1. The number of para-hydroxylation sites is 2. The average Bonchev–Trinajstić information content (AvgIpc) is 2.85. The standard InChI is InChI=1S/C21H31N3O/c1-2-21(13-7-3-4-8-14-21)23-15-11-18(12-16-23)24(25)17-22-19-9-5-6-10-20(19)24/h3-6,9-10,18,22H,2,7-8,11-17H2,1H3. The van der Waals surface area contributed by atoms with Crippen LogP contribution < -0.4 is 9.96 Å². The summed E-state index contributed by atoms with van der Waals surface area (Å²) in [5.41, 5.74) is 2.31. The third-order valence-corrected chi connectivity index (χ3v) is 6.92. The molecule has 0 spiro atoms. The summed E-state index contributed by atoms with van der Waals surface area (Å²) in [5.74, 6) is 0. The van der Waals surface area contributed by atoms with E-state index in [0.29, 0.717) is 12.2 Å². The van der Waals surface area contributed by atoms with E-state index in [1.807, 2.05) is 24.3 Å². The van der Waals surface area contributed by atoms with Gasteiger partial charge in [0, 0.05) is 37.5 Å². The van der Waals surface area contributed by atoms with Gasteiger partial charge in [-0.3, -0.25) is 4.90 Å². The molecular formula is C21H31N3O. The topological polar surface area (TPSA) is 38.3 Å². The van der Waals surface area contributed by atoms with E-state index in [9.17, 15) is 5.21 Å². The summed E-state index contributed by atoms with van der Waals surface area (Å²) >= 11 is 0. The molecular weight excluding hydrogens is 310 g/mol. The molecule has 1 fully saturated rings. The molecule has 2 heterocycles. The zero-order valence-corrected chi connectivity index (χ0v) is 15.4. The Morgan fingerprint density at radius 2 is 1.84 bits per heavy atom. The van der Waals surface area contributed by atoms with Crippen LogP contribution in [0.1, 0.15) is 51.9 Å². The van der Waals surface area contributed by atoms with Crippen LogP contribution in [0.5, 0.6) is 0 Å². The van der Waals surface area contributed by atoms with Crippen LogP contribution in [0.3, 0.4) is 0 Å². The molecule has 136 valence electrons. The summed E-state index contributed by atoms with van der Waals surface area (Å²) in [4.78, 5) is 2.72. The Labute approximate surface area is 151 Å². The second-order valence-corrected chi connectivity index (χ2v) is 7.99. The molecule has 4 nitrogen and oxygen atoms in total. The highest BCUT2D eigenvalue weighted by Gasteiger charge is 2.43. The Balaban J connectivity index is 1.47. The van der Waals surface area contributed by atoms with Crippen LogP contribution in [0.4, 0.5) is 11.4 Å². The van der Waals surface area contributed by atoms with E-state index in [0.717, 1.165) is 37.3 Å². The van der Waals surface area contributed by atoms with Crippen molar-refractivity contribution in [1.82, 2.24) is 9.55 Å². The van der Waals surface area contributed by atoms with Crippen LogP contribution in [0.25, 0.3) is 0 Å². The highest BCUT2D eigenvalue weighted by Crippen LogP contribution is 2.42. The fourth-order valence-corrected chi connectivity index (χ4v) is 5.28. The van der Waals surface area contributed by atoms with Crippen molar-refractivity contribution in [3.8, 4) is 0 Å². The molecule has 0 saturated carbocycles. The van der Waals surface area contributed by atoms with Crippen LogP contribution in [0, 0.1) is 5.21 Å². The van der Waals surface area contributed by atoms with Gasteiger partial charge in [0.25, 0.3) is 0 Å². The first-order valence-electron chi connectivity index (χ1n) is 10.0. The molecule has 2 aliphatic heterocycles. The van der Waals surface area contributed by atoms with Gasteiger partial charge in [-0.1, -0.05) is 31.2 Å². The maximum absolute atomic E-state index is 13.6. The average molecular weight is 341 g/mol. The second kappa shape index (κ2) is 6.75. The number of piperidine rings is 1. The van der Waals surface area contributed by atoms with Gasteiger partial charge < -0.3 is 15.2 Å². The minimum Gasteiger partial charge on any atom is -0.626 e. The highest BCUT2D eigenvalue weighted by atomic mass is 16.6. The second-order valence-electron chi connectivity index (χ2n) is 7.99. The molecule has 0 radical (unpaired) electrons. The molecule has 1 aromatic rings. The van der Waals surface area contributed by atoms with E-state index in [-0.39, 0.29) is 10.7 Å². The number of hydroxylamine groups is 2. The fraction of sp³-hybridized carbons (Fsp3) is 0.619. The van der Waals surface area contributed by atoms with Crippen molar-refractivity contribution < 1.29 is 0 Å². The van der Waals surface area contributed by atoms with Crippen LogP contribution in [0.2, 0.25) is 0 Å². The van der Waals surface area contributed by atoms with E-state index in [4.69, 9.17) is 0 Å². The Hall–Kier alpha value is -1.36. The number of quaternary nitrogens is 1. The van der Waals surface area contributed by atoms with Crippen molar-refractivity contribution in [2.75, 3.05) is 25.1 Å². The summed E-state index contributed by atoms with van der Waals surface area (Å²) in [7, 11) is 0. The Morgan fingerprint density at radius 1 is 1.16 bits per heavy atom. The Kier molecular flexibility index (Phi) is 4.61. The number of rotatable bonds is 3. The zero-order chi connectivity index (χ0) is 17.3. The molecule has 4 heteroatoms. The molecule has 1 saturated heterocycles. The first-order valence-corrected chi connectivity index (χ1v) is 10.0. The number of fused-ring (bicyclic) bond motifs is 1. The lowest BCUT2D eigenvalue weighted by molar-refractivity contribution is 0.0290. The minimum absolute atomic E-state index is 0.176. The first kappa shape index (κ1) is 17.1. The molecule has 25 heavy (non-hydrogen) atoms. The van der Waals surface area contributed by atoms with Crippen molar-refractivity contribution in [3.63, 3.8) is 0 Å². The van der Waals surface area contributed by atoms with Crippen molar-refractivity contribution in [3.05, 3.63) is 41.6 Å². The van der Waals surface area contributed by atoms with Crippen molar-refractivity contribution >= 4 is 11.4 Å². The molecule has 1 atom stereocenters. The van der Waals surface area contributed by atoms with Crippen molar-refractivity contribution in [1.29, 1.82) is 0 Å². The molecule has 1 aliphatic carbocycles. The molecule has 0 aromatic heterocycles. The van der Waals surface area contributed by atoms with Crippen LogP contribution >= 0.6 is 0 Å². The molecule has 1 unspecified atom stereocenters. The molecule has 4 rings (SSSR count). The van der Waals surface area contributed by atoms with E-state index in [2.05, 4.69) is 29.3 Å². The molecule has 0 amide bonds. The van der Waals surface area contributed by atoms with Gasteiger partial charge in [0.2, 0.25) is 0 Å². The summed E-state index contributed by atoms with van der Waals surface area (Å²) in [6.45, 7) is 4.98. The van der Waals surface area contributed by atoms with Crippen molar-refractivity contribution in [2.24, 2.45) is 0 Å². The number of anilines is 1. The third kappa shape index (κ3) is 2.90. The van der Waals surface area contributed by atoms with Gasteiger partial charge >= 0.3 is 0 Å². The zero-order valence-electron chi connectivity index (χ0n) is 15.4. The van der Waals surface area contributed by atoms with Crippen LogP contribution in [-0.4, -0.2) is 36.2 Å². The van der Waals surface area contributed by atoms with E-state index in [1.54, 1.807) is 0 Å². The SMILES string of the molecule is CCC1(N2CCC([N+]3([O-])CNc4ccccc43)CC2)CCC=CCC1. The lowest BCUT2D eigenvalue weighted by atomic mass is 9.83. The van der Waals surface area contributed by atoms with Gasteiger partial charge in [0.1, 0.15) is 5.69 Å². The van der Waals surface area contributed by atoms with Crippen LogP contribution in [-0.2, 0) is 0 Å². The normalized spacial score (nSPS) is 29.8. The highest BCUT2D eigenvalue weighted by molar-refractivity contribution is 5.72. The van der Waals surface area contributed by atoms with Gasteiger partial charge in [0.15, 0.2) is 12.4 Å². The van der Waals surface area contributed by atoms with Crippen molar-refractivity contribution in [2.45, 2.75) is 63.5 Å². The van der Waals surface area contributed by atoms with E-state index >= 15 is 0 Å². The van der Waals surface area contributed by atoms with Gasteiger partial charge in [-0.2, -0.15) is 0 Å². The van der Waals surface area contributed by atoms with Gasteiger partial charge in [-0.05, 0) is 38.2 Å². The molecule has 0 bridgehead atoms. The van der Waals surface area contributed by atoms with Crippen LogP contribution in [0.15, 0.2) is 36.4 Å². The maximum atomic E-state index is 13.6. The van der Waals surface area contributed by atoms with E-state index < -0.39 is 0 Å². The quantitative estimate of drug-likeness (QED) is 0.495. The summed E-state index contributed by atoms with van der Waals surface area (Å²) in [5, 5.41) is 16.9. The molecule has 1 N–H and O–H groups in total. The number of nitrogens with one attached hydrogen (secondary N) is 1. The number of hydrogen-bond acceptors (Lipinski definition) is 3. The predicted molar refractivity (Wildman–Crippen MR) is 105 cm³/mol.